The number of hydrogen-bond acceptors (Lipinski definition) is 4. The van der Waals surface area contributed by atoms with Gasteiger partial charge in [-0.1, -0.05) is 12.1 Å². The molecule has 0 aromatic heterocycles. The lowest BCUT2D eigenvalue weighted by Crippen LogP contribution is -2.16. The molecule has 0 atom stereocenters. The Balaban J connectivity index is 1.98. The van der Waals surface area contributed by atoms with Crippen LogP contribution in [0.5, 0.6) is 5.75 Å². The molecule has 0 fully saturated rings. The summed E-state index contributed by atoms with van der Waals surface area (Å²) in [5.41, 5.74) is 13.8. The number of anilines is 2. The Kier molecular flexibility index (Phi) is 4.66. The quantitative estimate of drug-likeness (QED) is 0.708. The van der Waals surface area contributed by atoms with Crippen molar-refractivity contribution in [3.8, 4) is 5.75 Å². The summed E-state index contributed by atoms with van der Waals surface area (Å²) in [6, 6.07) is 13.0. The van der Waals surface area contributed by atoms with Gasteiger partial charge in [0.15, 0.2) is 0 Å². The standard InChI is InChI=1S/C16H19N3O2/c1-21-13-5-2-11(3-6-13)8-9-19-15-7-4-12(17)10-14(15)16(18)20/h2-7,10,19H,8-9,17H2,1H3,(H2,18,20). The van der Waals surface area contributed by atoms with E-state index in [1.807, 2.05) is 24.3 Å². The summed E-state index contributed by atoms with van der Waals surface area (Å²) in [5.74, 6) is 0.343. The van der Waals surface area contributed by atoms with Gasteiger partial charge in [-0.15, -0.1) is 0 Å². The number of methoxy groups -OCH3 is 1. The third-order valence-corrected chi connectivity index (χ3v) is 3.20. The van der Waals surface area contributed by atoms with Gasteiger partial charge < -0.3 is 21.5 Å². The molecule has 5 N–H and O–H groups in total. The highest BCUT2D eigenvalue weighted by molar-refractivity contribution is 5.99. The molecular weight excluding hydrogens is 266 g/mol. The molecule has 2 aromatic carbocycles. The number of amides is 1. The van der Waals surface area contributed by atoms with Crippen LogP contribution in [0.15, 0.2) is 42.5 Å². The predicted octanol–water partition coefficient (Wildman–Crippen LogP) is 2.03. The van der Waals surface area contributed by atoms with Gasteiger partial charge in [0.1, 0.15) is 5.75 Å². The summed E-state index contributed by atoms with van der Waals surface area (Å²) >= 11 is 0. The lowest BCUT2D eigenvalue weighted by molar-refractivity contribution is 0.100. The predicted molar refractivity (Wildman–Crippen MR) is 84.6 cm³/mol. The van der Waals surface area contributed by atoms with Crippen LogP contribution in [-0.4, -0.2) is 19.6 Å². The van der Waals surface area contributed by atoms with E-state index in [1.54, 1.807) is 25.3 Å². The van der Waals surface area contributed by atoms with E-state index < -0.39 is 5.91 Å². The first kappa shape index (κ1) is 14.7. The zero-order chi connectivity index (χ0) is 15.2. The summed E-state index contributed by atoms with van der Waals surface area (Å²) < 4.78 is 5.12. The Hall–Kier alpha value is -2.69. The second-order valence-corrected chi connectivity index (χ2v) is 4.69. The number of nitrogens with two attached hydrogens (primary N) is 2. The van der Waals surface area contributed by atoms with E-state index in [0.29, 0.717) is 23.5 Å². The number of nitrogen functional groups attached to an aromatic ring is 1. The Morgan fingerprint density at radius 2 is 1.90 bits per heavy atom. The third-order valence-electron chi connectivity index (χ3n) is 3.20. The van der Waals surface area contributed by atoms with Gasteiger partial charge in [-0.05, 0) is 42.3 Å². The van der Waals surface area contributed by atoms with E-state index in [0.717, 1.165) is 12.2 Å². The fraction of sp³-hybridized carbons (Fsp3) is 0.188. The van der Waals surface area contributed by atoms with Gasteiger partial charge >= 0.3 is 0 Å². The number of carbonyl (C=O) groups is 1. The number of benzene rings is 2. The molecule has 110 valence electrons. The van der Waals surface area contributed by atoms with Crippen molar-refractivity contribution >= 4 is 17.3 Å². The number of primary amides is 1. The second kappa shape index (κ2) is 6.65. The molecule has 0 saturated carbocycles. The average molecular weight is 285 g/mol. The molecule has 0 spiro atoms. The molecule has 5 nitrogen and oxygen atoms in total. The number of ether oxygens (including phenoxy) is 1. The minimum absolute atomic E-state index is 0.407. The molecule has 0 heterocycles. The molecule has 2 rings (SSSR count). The fourth-order valence-corrected chi connectivity index (χ4v) is 2.05. The monoisotopic (exact) mass is 285 g/mol. The molecule has 0 bridgehead atoms. The maximum absolute atomic E-state index is 11.4. The van der Waals surface area contributed by atoms with E-state index in [1.165, 1.54) is 5.56 Å². The molecule has 1 amide bonds. The molecule has 21 heavy (non-hydrogen) atoms. The third kappa shape index (κ3) is 3.89. The normalized spacial score (nSPS) is 10.1. The number of nitrogens with one attached hydrogen (secondary N) is 1. The topological polar surface area (TPSA) is 90.4 Å². The Morgan fingerprint density at radius 1 is 1.19 bits per heavy atom. The van der Waals surface area contributed by atoms with E-state index in [-0.39, 0.29) is 0 Å². The highest BCUT2D eigenvalue weighted by atomic mass is 16.5. The summed E-state index contributed by atoms with van der Waals surface area (Å²) in [5, 5.41) is 3.21. The highest BCUT2D eigenvalue weighted by Crippen LogP contribution is 2.18. The summed E-state index contributed by atoms with van der Waals surface area (Å²) in [4.78, 5) is 11.4. The van der Waals surface area contributed by atoms with E-state index in [2.05, 4.69) is 5.32 Å². The maximum atomic E-state index is 11.4. The van der Waals surface area contributed by atoms with Gasteiger partial charge in [0.2, 0.25) is 0 Å². The Morgan fingerprint density at radius 3 is 2.52 bits per heavy atom. The molecule has 5 heteroatoms. The lowest BCUT2D eigenvalue weighted by Gasteiger charge is -2.11. The fourth-order valence-electron chi connectivity index (χ4n) is 2.05. The molecule has 2 aromatic rings. The van der Waals surface area contributed by atoms with Crippen molar-refractivity contribution in [2.24, 2.45) is 5.73 Å². The SMILES string of the molecule is COc1ccc(CCNc2ccc(N)cc2C(N)=O)cc1. The average Bonchev–Trinajstić information content (AvgIpc) is 2.49. The van der Waals surface area contributed by atoms with Crippen molar-refractivity contribution < 1.29 is 9.53 Å². The van der Waals surface area contributed by atoms with Crippen molar-refractivity contribution in [1.29, 1.82) is 0 Å². The minimum Gasteiger partial charge on any atom is -0.497 e. The molecular formula is C16H19N3O2. The minimum atomic E-state index is -0.491. The van der Waals surface area contributed by atoms with Crippen LogP contribution in [0.4, 0.5) is 11.4 Å². The largest absolute Gasteiger partial charge is 0.497 e. The Labute approximate surface area is 123 Å². The molecule has 0 aliphatic rings. The van der Waals surface area contributed by atoms with Crippen LogP contribution < -0.4 is 21.5 Å². The molecule has 0 aliphatic carbocycles. The van der Waals surface area contributed by atoms with Crippen LogP contribution >= 0.6 is 0 Å². The number of carbonyl (C=O) groups excluding carboxylic acids is 1. The number of hydrogen-bond donors (Lipinski definition) is 3. The first-order valence-electron chi connectivity index (χ1n) is 6.66. The van der Waals surface area contributed by atoms with E-state index >= 15 is 0 Å². The zero-order valence-corrected chi connectivity index (χ0v) is 11.9. The lowest BCUT2D eigenvalue weighted by atomic mass is 10.1. The van der Waals surface area contributed by atoms with Gasteiger partial charge in [-0.25, -0.2) is 0 Å². The van der Waals surface area contributed by atoms with Crippen LogP contribution in [0, 0.1) is 0 Å². The van der Waals surface area contributed by atoms with Crippen LogP contribution in [0.2, 0.25) is 0 Å². The number of rotatable bonds is 6. The molecule has 0 saturated heterocycles. The van der Waals surface area contributed by atoms with Crippen molar-refractivity contribution in [3.63, 3.8) is 0 Å². The van der Waals surface area contributed by atoms with Gasteiger partial charge in [0.05, 0.1) is 12.7 Å². The van der Waals surface area contributed by atoms with Gasteiger partial charge in [-0.2, -0.15) is 0 Å². The van der Waals surface area contributed by atoms with E-state index in [4.69, 9.17) is 16.2 Å². The molecule has 0 radical (unpaired) electrons. The van der Waals surface area contributed by atoms with Crippen molar-refractivity contribution in [2.45, 2.75) is 6.42 Å². The summed E-state index contributed by atoms with van der Waals surface area (Å²) in [6.07, 6.45) is 0.826. The van der Waals surface area contributed by atoms with Crippen LogP contribution in [0.25, 0.3) is 0 Å². The summed E-state index contributed by atoms with van der Waals surface area (Å²) in [7, 11) is 1.64. The second-order valence-electron chi connectivity index (χ2n) is 4.69. The first-order chi connectivity index (χ1) is 10.1. The van der Waals surface area contributed by atoms with Crippen LogP contribution in [-0.2, 0) is 6.42 Å². The maximum Gasteiger partial charge on any atom is 0.250 e. The van der Waals surface area contributed by atoms with Gasteiger partial charge in [0, 0.05) is 17.9 Å². The van der Waals surface area contributed by atoms with Gasteiger partial charge in [-0.3, -0.25) is 4.79 Å². The zero-order valence-electron chi connectivity index (χ0n) is 11.9. The van der Waals surface area contributed by atoms with Crippen LogP contribution in [0.1, 0.15) is 15.9 Å². The molecule has 0 unspecified atom stereocenters. The smallest absolute Gasteiger partial charge is 0.250 e. The van der Waals surface area contributed by atoms with Crippen molar-refractivity contribution in [3.05, 3.63) is 53.6 Å². The van der Waals surface area contributed by atoms with Gasteiger partial charge in [0.25, 0.3) is 5.91 Å². The highest BCUT2D eigenvalue weighted by Gasteiger charge is 2.08. The molecule has 0 aliphatic heterocycles. The van der Waals surface area contributed by atoms with Crippen LogP contribution in [0.3, 0.4) is 0 Å². The van der Waals surface area contributed by atoms with E-state index in [9.17, 15) is 4.79 Å². The first-order valence-corrected chi connectivity index (χ1v) is 6.66. The summed E-state index contributed by atoms with van der Waals surface area (Å²) in [6.45, 7) is 0.691. The Bertz CT molecular complexity index is 624. The van der Waals surface area contributed by atoms with Crippen molar-refractivity contribution in [1.82, 2.24) is 0 Å². The van der Waals surface area contributed by atoms with Crippen molar-refractivity contribution in [2.75, 3.05) is 24.7 Å².